The molecule has 0 aliphatic heterocycles. The fraction of sp³-hybridized carbons (Fsp3) is 0.167. The summed E-state index contributed by atoms with van der Waals surface area (Å²) >= 11 is 0. The number of hydrogen-bond acceptors (Lipinski definition) is 2. The van der Waals surface area contributed by atoms with Crippen LogP contribution in [0.4, 0.5) is 18.9 Å². The third-order valence-electron chi connectivity index (χ3n) is 3.12. The molecule has 0 fully saturated rings. The molecule has 0 aromatic heterocycles. The summed E-state index contributed by atoms with van der Waals surface area (Å²) in [5, 5.41) is 2.25. The highest BCUT2D eigenvalue weighted by Gasteiger charge is 2.33. The van der Waals surface area contributed by atoms with Gasteiger partial charge in [0.1, 0.15) is 5.75 Å². The Labute approximate surface area is 137 Å². The van der Waals surface area contributed by atoms with Gasteiger partial charge in [-0.2, -0.15) is 13.2 Å². The summed E-state index contributed by atoms with van der Waals surface area (Å²) in [6.07, 6.45) is -1.86. The molecule has 6 heteroatoms. The van der Waals surface area contributed by atoms with E-state index in [4.69, 9.17) is 4.74 Å². The molecule has 0 bridgehead atoms. The Morgan fingerprint density at radius 1 is 1.12 bits per heavy atom. The van der Waals surface area contributed by atoms with Gasteiger partial charge in [0.2, 0.25) is 5.91 Å². The van der Waals surface area contributed by atoms with Crippen LogP contribution in [0.2, 0.25) is 0 Å². The van der Waals surface area contributed by atoms with E-state index in [9.17, 15) is 18.0 Å². The van der Waals surface area contributed by atoms with E-state index in [1.807, 2.05) is 6.92 Å². The SMILES string of the molecule is CCOc1ccccc1C=CC(=O)Nc1ccccc1C(F)(F)F. The number of carbonyl (C=O) groups excluding carboxylic acids is 1. The number of hydrogen-bond donors (Lipinski definition) is 1. The number of halogens is 3. The van der Waals surface area contributed by atoms with Crippen molar-refractivity contribution in [2.24, 2.45) is 0 Å². The van der Waals surface area contributed by atoms with Crippen molar-refractivity contribution in [1.82, 2.24) is 0 Å². The maximum absolute atomic E-state index is 12.9. The minimum Gasteiger partial charge on any atom is -0.493 e. The van der Waals surface area contributed by atoms with Gasteiger partial charge in [0, 0.05) is 11.6 Å². The first-order valence-electron chi connectivity index (χ1n) is 7.29. The van der Waals surface area contributed by atoms with Crippen LogP contribution in [0.15, 0.2) is 54.6 Å². The Morgan fingerprint density at radius 3 is 2.50 bits per heavy atom. The van der Waals surface area contributed by atoms with Crippen LogP contribution < -0.4 is 10.1 Å². The second-order valence-electron chi connectivity index (χ2n) is 4.84. The van der Waals surface area contributed by atoms with Crippen molar-refractivity contribution in [1.29, 1.82) is 0 Å². The minimum atomic E-state index is -4.53. The predicted molar refractivity (Wildman–Crippen MR) is 86.7 cm³/mol. The number of amides is 1. The highest BCUT2D eigenvalue weighted by Crippen LogP contribution is 2.34. The molecule has 2 aromatic carbocycles. The van der Waals surface area contributed by atoms with Crippen LogP contribution in [0.1, 0.15) is 18.1 Å². The molecule has 3 nitrogen and oxygen atoms in total. The first kappa shape index (κ1) is 17.6. The van der Waals surface area contributed by atoms with E-state index >= 15 is 0 Å². The number of carbonyl (C=O) groups is 1. The maximum atomic E-state index is 12.9. The van der Waals surface area contributed by atoms with Crippen molar-refractivity contribution in [2.45, 2.75) is 13.1 Å². The molecule has 0 heterocycles. The molecular formula is C18H16F3NO2. The highest BCUT2D eigenvalue weighted by molar-refractivity contribution is 6.02. The number of anilines is 1. The monoisotopic (exact) mass is 335 g/mol. The smallest absolute Gasteiger partial charge is 0.418 e. The van der Waals surface area contributed by atoms with E-state index in [1.54, 1.807) is 24.3 Å². The fourth-order valence-corrected chi connectivity index (χ4v) is 2.08. The molecule has 2 rings (SSSR count). The molecule has 0 unspecified atom stereocenters. The van der Waals surface area contributed by atoms with Gasteiger partial charge in [-0.3, -0.25) is 4.79 Å². The summed E-state index contributed by atoms with van der Waals surface area (Å²) < 4.78 is 44.1. The zero-order valence-corrected chi connectivity index (χ0v) is 12.9. The van der Waals surface area contributed by atoms with E-state index < -0.39 is 17.6 Å². The number of ether oxygens (including phenoxy) is 1. The number of alkyl halides is 3. The average Bonchev–Trinajstić information content (AvgIpc) is 2.54. The Hall–Kier alpha value is -2.76. The normalized spacial score (nSPS) is 11.5. The van der Waals surface area contributed by atoms with Gasteiger partial charge in [-0.25, -0.2) is 0 Å². The summed E-state index contributed by atoms with van der Waals surface area (Å²) in [4.78, 5) is 11.9. The van der Waals surface area contributed by atoms with Gasteiger partial charge in [-0.05, 0) is 31.2 Å². The van der Waals surface area contributed by atoms with Crippen LogP contribution in [-0.4, -0.2) is 12.5 Å². The number of rotatable bonds is 5. The molecule has 2 aromatic rings. The van der Waals surface area contributed by atoms with Crippen LogP contribution in [0.5, 0.6) is 5.75 Å². The first-order valence-corrected chi connectivity index (χ1v) is 7.29. The van der Waals surface area contributed by atoms with Gasteiger partial charge in [-0.1, -0.05) is 30.3 Å². The van der Waals surface area contributed by atoms with Crippen molar-refractivity contribution < 1.29 is 22.7 Å². The summed E-state index contributed by atoms with van der Waals surface area (Å²) in [6, 6.07) is 11.9. The number of nitrogens with one attached hydrogen (secondary N) is 1. The Balaban J connectivity index is 2.15. The van der Waals surface area contributed by atoms with Gasteiger partial charge in [0.25, 0.3) is 0 Å². The molecule has 1 N–H and O–H groups in total. The van der Waals surface area contributed by atoms with Gasteiger partial charge in [-0.15, -0.1) is 0 Å². The van der Waals surface area contributed by atoms with E-state index in [1.165, 1.54) is 30.4 Å². The Bertz CT molecular complexity index is 739. The molecule has 24 heavy (non-hydrogen) atoms. The number of para-hydroxylation sites is 2. The largest absolute Gasteiger partial charge is 0.493 e. The van der Waals surface area contributed by atoms with Crippen molar-refractivity contribution in [3.8, 4) is 5.75 Å². The van der Waals surface area contributed by atoms with Crippen LogP contribution in [0.3, 0.4) is 0 Å². The van der Waals surface area contributed by atoms with E-state index in [2.05, 4.69) is 5.32 Å². The zero-order valence-electron chi connectivity index (χ0n) is 12.9. The van der Waals surface area contributed by atoms with Gasteiger partial charge >= 0.3 is 6.18 Å². The molecule has 126 valence electrons. The predicted octanol–water partition coefficient (Wildman–Crippen LogP) is 4.76. The first-order chi connectivity index (χ1) is 11.4. The van der Waals surface area contributed by atoms with E-state index in [0.29, 0.717) is 17.9 Å². The van der Waals surface area contributed by atoms with E-state index in [0.717, 1.165) is 6.07 Å². The molecule has 0 atom stereocenters. The Kier molecular flexibility index (Phi) is 5.63. The lowest BCUT2D eigenvalue weighted by Gasteiger charge is -2.12. The van der Waals surface area contributed by atoms with Crippen LogP contribution in [-0.2, 0) is 11.0 Å². The molecule has 0 saturated carbocycles. The average molecular weight is 335 g/mol. The number of benzene rings is 2. The zero-order chi connectivity index (χ0) is 17.6. The van der Waals surface area contributed by atoms with Gasteiger partial charge in [0.05, 0.1) is 17.9 Å². The molecule has 0 radical (unpaired) electrons. The summed E-state index contributed by atoms with van der Waals surface area (Å²) in [6.45, 7) is 2.30. The van der Waals surface area contributed by atoms with Crippen molar-refractivity contribution in [3.05, 3.63) is 65.7 Å². The lowest BCUT2D eigenvalue weighted by Crippen LogP contribution is -2.14. The summed E-state index contributed by atoms with van der Waals surface area (Å²) in [7, 11) is 0. The molecule has 0 aliphatic carbocycles. The maximum Gasteiger partial charge on any atom is 0.418 e. The summed E-state index contributed by atoms with van der Waals surface area (Å²) in [5.41, 5.74) is -0.502. The van der Waals surface area contributed by atoms with Gasteiger partial charge in [0.15, 0.2) is 0 Å². The standard InChI is InChI=1S/C18H16F3NO2/c1-2-24-16-10-6-3-7-13(16)11-12-17(23)22-15-9-5-4-8-14(15)18(19,20)21/h3-12H,2H2,1H3,(H,22,23). The van der Waals surface area contributed by atoms with Crippen molar-refractivity contribution in [2.75, 3.05) is 11.9 Å². The molecule has 0 spiro atoms. The lowest BCUT2D eigenvalue weighted by molar-refractivity contribution is -0.136. The van der Waals surface area contributed by atoms with Crippen molar-refractivity contribution >= 4 is 17.7 Å². The quantitative estimate of drug-likeness (QED) is 0.800. The van der Waals surface area contributed by atoms with Crippen LogP contribution >= 0.6 is 0 Å². The van der Waals surface area contributed by atoms with Gasteiger partial charge < -0.3 is 10.1 Å². The molecular weight excluding hydrogens is 319 g/mol. The molecule has 0 saturated heterocycles. The Morgan fingerprint density at radius 2 is 1.79 bits per heavy atom. The van der Waals surface area contributed by atoms with Crippen LogP contribution in [0.25, 0.3) is 6.08 Å². The molecule has 0 aliphatic rings. The van der Waals surface area contributed by atoms with E-state index in [-0.39, 0.29) is 5.69 Å². The second kappa shape index (κ2) is 7.68. The lowest BCUT2D eigenvalue weighted by atomic mass is 10.1. The minimum absolute atomic E-state index is 0.280. The molecule has 1 amide bonds. The fourth-order valence-electron chi connectivity index (χ4n) is 2.08. The van der Waals surface area contributed by atoms with Crippen LogP contribution in [0, 0.1) is 0 Å². The third kappa shape index (κ3) is 4.62. The second-order valence-corrected chi connectivity index (χ2v) is 4.84. The topological polar surface area (TPSA) is 38.3 Å². The third-order valence-corrected chi connectivity index (χ3v) is 3.12. The highest BCUT2D eigenvalue weighted by atomic mass is 19.4. The van der Waals surface area contributed by atoms with Crippen molar-refractivity contribution in [3.63, 3.8) is 0 Å². The summed E-state index contributed by atoms with van der Waals surface area (Å²) in [5.74, 6) is -0.0576.